The summed E-state index contributed by atoms with van der Waals surface area (Å²) in [5.41, 5.74) is 0. The van der Waals surface area contributed by atoms with Crippen molar-refractivity contribution in [1.82, 2.24) is 0 Å². The van der Waals surface area contributed by atoms with Gasteiger partial charge in [-0.05, 0) is 161 Å². The summed E-state index contributed by atoms with van der Waals surface area (Å²) < 4.78 is 22.8. The van der Waals surface area contributed by atoms with E-state index < -0.39 is 24.3 Å². The minimum Gasteiger partial charge on any atom is -0.545 e. The Balaban J connectivity index is 4.26. The van der Waals surface area contributed by atoms with E-state index >= 15 is 0 Å². The van der Waals surface area contributed by atoms with Crippen molar-refractivity contribution in [2.24, 2.45) is 0 Å². The maximum Gasteiger partial charge on any atom is 0.306 e. The number of quaternary nitrogens is 1. The Hall–Kier alpha value is -6.65. The van der Waals surface area contributed by atoms with E-state index in [9.17, 15) is 19.5 Å². The molecule has 0 saturated heterocycles. The van der Waals surface area contributed by atoms with Crippen molar-refractivity contribution in [1.29, 1.82) is 0 Å². The van der Waals surface area contributed by atoms with Gasteiger partial charge in [-0.2, -0.15) is 0 Å². The van der Waals surface area contributed by atoms with Crippen LogP contribution in [0, 0.1) is 0 Å². The Morgan fingerprint density at radius 1 is 0.309 bits per heavy atom. The molecule has 0 spiro atoms. The van der Waals surface area contributed by atoms with E-state index in [0.717, 1.165) is 180 Å². The highest BCUT2D eigenvalue weighted by Crippen LogP contribution is 2.14. The third-order valence-electron chi connectivity index (χ3n) is 14.9. The highest BCUT2D eigenvalue weighted by atomic mass is 16.7. The van der Waals surface area contributed by atoms with Gasteiger partial charge < -0.3 is 33.3 Å². The number of carboxylic acids is 1. The van der Waals surface area contributed by atoms with Crippen LogP contribution >= 0.6 is 0 Å². The number of allylic oxidation sites excluding steroid dienone is 38. The molecule has 0 heterocycles. The zero-order valence-corrected chi connectivity index (χ0v) is 61.6. The van der Waals surface area contributed by atoms with Crippen LogP contribution in [0.5, 0.6) is 0 Å². The number of likely N-dealkylation sites (N-methyl/N-ethyl adjacent to an activating group) is 1. The lowest BCUT2D eigenvalue weighted by Gasteiger charge is -2.26. The lowest BCUT2D eigenvalue weighted by Crippen LogP contribution is -2.44. The lowest BCUT2D eigenvalue weighted by atomic mass is 10.1. The van der Waals surface area contributed by atoms with Crippen LogP contribution in [-0.4, -0.2) is 82.3 Å². The van der Waals surface area contributed by atoms with Gasteiger partial charge in [-0.1, -0.05) is 303 Å². The van der Waals surface area contributed by atoms with Crippen molar-refractivity contribution in [3.05, 3.63) is 231 Å². The van der Waals surface area contributed by atoms with Crippen molar-refractivity contribution >= 4 is 17.9 Å². The van der Waals surface area contributed by atoms with E-state index in [2.05, 4.69) is 245 Å². The largest absolute Gasteiger partial charge is 0.545 e. The first-order valence-electron chi connectivity index (χ1n) is 37.5. The number of esters is 2. The van der Waals surface area contributed by atoms with E-state index in [0.29, 0.717) is 23.9 Å². The Labute approximate surface area is 593 Å². The van der Waals surface area contributed by atoms with Crippen molar-refractivity contribution in [3.8, 4) is 0 Å². The number of hydrogen-bond acceptors (Lipinski definition) is 8. The van der Waals surface area contributed by atoms with E-state index in [1.165, 1.54) is 25.7 Å². The molecule has 0 bridgehead atoms. The smallest absolute Gasteiger partial charge is 0.306 e. The maximum atomic E-state index is 13.0. The molecule has 0 radical (unpaired) electrons. The molecule has 0 aromatic carbocycles. The minimum absolute atomic E-state index is 0.129. The predicted octanol–water partition coefficient (Wildman–Crippen LogP) is 22.9. The van der Waals surface area contributed by atoms with Gasteiger partial charge in [0.25, 0.3) is 0 Å². The van der Waals surface area contributed by atoms with Crippen molar-refractivity contribution in [3.63, 3.8) is 0 Å². The van der Waals surface area contributed by atoms with Crippen LogP contribution in [0.3, 0.4) is 0 Å². The Kier molecular flexibility index (Phi) is 70.0. The molecule has 9 nitrogen and oxygen atoms in total. The molecule has 9 heteroatoms. The molecule has 0 N–H and O–H groups in total. The van der Waals surface area contributed by atoms with Crippen molar-refractivity contribution < 1.29 is 42.9 Å². The molecule has 2 atom stereocenters. The van der Waals surface area contributed by atoms with Crippen LogP contribution in [0.2, 0.25) is 0 Å². The van der Waals surface area contributed by atoms with E-state index in [-0.39, 0.29) is 38.6 Å². The third-order valence-corrected chi connectivity index (χ3v) is 14.9. The summed E-state index contributed by atoms with van der Waals surface area (Å²) in [6.45, 7) is 4.45. The zero-order valence-electron chi connectivity index (χ0n) is 61.6. The SMILES string of the molecule is CC/C=C\C/C=C\C/C=C\C/C=C\C/C=C\C/C=C\C/C=C\C/C=C\C/C=C\C/C=C\C/C=C\CCCCCCCC(=O)OC(COC(=O)CCCCCCCCCC/C=C\C/C=C\C/C=C\C/C=C\C/C=C\C/C=C\C/C=C\C/C=C\CC)COC(OCC[N+](C)(C)C)C(=O)[O-]. The fourth-order valence-corrected chi connectivity index (χ4v) is 9.26. The number of ether oxygens (including phenoxy) is 4. The maximum absolute atomic E-state index is 13.0. The Morgan fingerprint density at radius 2 is 0.557 bits per heavy atom. The fraction of sp³-hybridized carbons (Fsp3) is 0.534. The van der Waals surface area contributed by atoms with E-state index in [1.807, 2.05) is 21.1 Å². The fourth-order valence-electron chi connectivity index (χ4n) is 9.26. The summed E-state index contributed by atoms with van der Waals surface area (Å²) in [5, 5.41) is 11.8. The second kappa shape index (κ2) is 75.1. The van der Waals surface area contributed by atoms with Gasteiger partial charge in [0.1, 0.15) is 13.2 Å². The van der Waals surface area contributed by atoms with Gasteiger partial charge in [-0.25, -0.2) is 0 Å². The molecule has 0 aliphatic carbocycles. The van der Waals surface area contributed by atoms with Gasteiger partial charge in [0, 0.05) is 12.8 Å². The first kappa shape index (κ1) is 90.4. The van der Waals surface area contributed by atoms with Crippen molar-refractivity contribution in [2.45, 2.75) is 257 Å². The summed E-state index contributed by atoms with van der Waals surface area (Å²) in [6, 6.07) is 0. The van der Waals surface area contributed by atoms with Gasteiger partial charge >= 0.3 is 11.9 Å². The molecule has 0 aliphatic heterocycles. The monoisotopic (exact) mass is 1330 g/mol. The average molecular weight is 1340 g/mol. The highest BCUT2D eigenvalue weighted by Gasteiger charge is 2.22. The standard InChI is InChI=1S/C88H135NO8/c1-6-8-10-12-14-16-18-20-22-24-26-28-30-32-34-36-38-40-41-42-43-44-45-47-49-51-53-55-57-59-61-63-65-67-69-71-73-75-77-79-86(91)97-84(83-96-88(87(92)93)94-81-80-89(3,4)5)82-95-85(90)78-76-74-72-70-68-66-64-62-60-58-56-54-52-50-48-46-39-37-35-33-31-29-27-25-23-21-19-17-15-13-11-9-7-2/h8-11,14-17,20-23,26-29,32-35,38-40,42-43,45-47,50-53,56-59,63,65,84,88H,6-7,12-13,18-19,24-25,30-31,36-37,41,44,48-49,54-55,60-62,64,66-83H2,1-5H3/b10-8-,11-9-,16-14-,17-15-,22-20-,23-21-,28-26-,29-27-,34-32-,35-33-,40-38-,43-42-,46-39-,47-45-,52-50-,53-51-,58-56-,59-57-,65-63-. The number of hydrogen-bond donors (Lipinski definition) is 0. The van der Waals surface area contributed by atoms with Gasteiger partial charge in [-0.3, -0.25) is 9.59 Å². The molecule has 540 valence electrons. The molecule has 0 amide bonds. The predicted molar refractivity (Wildman–Crippen MR) is 416 cm³/mol. The van der Waals surface area contributed by atoms with Crippen LogP contribution < -0.4 is 5.11 Å². The van der Waals surface area contributed by atoms with Gasteiger partial charge in [0.05, 0.1) is 40.3 Å². The Morgan fingerprint density at radius 3 is 0.825 bits per heavy atom. The first-order valence-corrected chi connectivity index (χ1v) is 37.5. The molecular weight excluding hydrogens is 1200 g/mol. The minimum atomic E-state index is -1.65. The highest BCUT2D eigenvalue weighted by molar-refractivity contribution is 5.70. The number of rotatable bonds is 66. The van der Waals surface area contributed by atoms with Crippen LogP contribution in [0.1, 0.15) is 245 Å². The third kappa shape index (κ3) is 76.6. The summed E-state index contributed by atoms with van der Waals surface area (Å²) in [4.78, 5) is 37.6. The molecule has 0 aromatic rings. The van der Waals surface area contributed by atoms with Crippen LogP contribution in [0.25, 0.3) is 0 Å². The number of unbranched alkanes of at least 4 members (excludes halogenated alkanes) is 13. The quantitative estimate of drug-likeness (QED) is 0.0195. The van der Waals surface area contributed by atoms with Crippen LogP contribution in [0.4, 0.5) is 0 Å². The summed E-state index contributed by atoms with van der Waals surface area (Å²) in [7, 11) is 5.90. The molecule has 0 fully saturated rings. The number of aliphatic carboxylic acids is 1. The van der Waals surface area contributed by atoms with Crippen molar-refractivity contribution in [2.75, 3.05) is 47.5 Å². The van der Waals surface area contributed by atoms with Gasteiger partial charge in [0.15, 0.2) is 12.4 Å². The van der Waals surface area contributed by atoms with E-state index in [4.69, 9.17) is 18.9 Å². The number of carboxylic acid groups (broad SMARTS) is 1. The van der Waals surface area contributed by atoms with E-state index in [1.54, 1.807) is 0 Å². The molecule has 2 unspecified atom stereocenters. The number of carbonyl (C=O) groups is 3. The summed E-state index contributed by atoms with van der Waals surface area (Å²) >= 11 is 0. The Bertz CT molecular complexity index is 2450. The topological polar surface area (TPSA) is 111 Å². The molecule has 0 rings (SSSR count). The average Bonchev–Trinajstić information content (AvgIpc) is 2.39. The normalized spacial score (nSPS) is 14.0. The molecule has 0 saturated carbocycles. The number of nitrogens with zero attached hydrogens (tertiary/aromatic N) is 1. The molecule has 97 heavy (non-hydrogen) atoms. The molecule has 0 aromatic heterocycles. The lowest BCUT2D eigenvalue weighted by molar-refractivity contribution is -0.870. The number of carbonyl (C=O) groups excluding carboxylic acids is 3. The molecule has 0 aliphatic rings. The first-order chi connectivity index (χ1) is 47.6. The van der Waals surface area contributed by atoms with Gasteiger partial charge in [-0.15, -0.1) is 0 Å². The second-order valence-electron chi connectivity index (χ2n) is 25.1. The summed E-state index contributed by atoms with van der Waals surface area (Å²) in [5.74, 6) is -2.35. The zero-order chi connectivity index (χ0) is 70.4. The molecular formula is C88H135NO8. The van der Waals surface area contributed by atoms with Gasteiger partial charge in [0.2, 0.25) is 0 Å². The summed E-state index contributed by atoms with van der Waals surface area (Å²) in [6.07, 6.45) is 117. The van der Waals surface area contributed by atoms with Crippen LogP contribution in [-0.2, 0) is 33.3 Å². The van der Waals surface area contributed by atoms with Crippen LogP contribution in [0.15, 0.2) is 231 Å². The second-order valence-corrected chi connectivity index (χ2v) is 25.1.